The van der Waals surface area contributed by atoms with Gasteiger partial charge in [0.1, 0.15) is 0 Å². The van der Waals surface area contributed by atoms with Crippen LogP contribution < -0.4 is 10.6 Å². The molecule has 0 aliphatic carbocycles. The van der Waals surface area contributed by atoms with Crippen molar-refractivity contribution in [3.63, 3.8) is 0 Å². The number of hydrogen-bond acceptors (Lipinski definition) is 2. The maximum atomic E-state index is 12.2. The lowest BCUT2D eigenvalue weighted by Crippen LogP contribution is -2.26. The third kappa shape index (κ3) is 2.63. The molecule has 0 atom stereocenters. The molecule has 0 fully saturated rings. The van der Waals surface area contributed by atoms with Gasteiger partial charge in [0, 0.05) is 29.0 Å². The topological polar surface area (TPSA) is 46.3 Å². The van der Waals surface area contributed by atoms with Gasteiger partial charge in [-0.3, -0.25) is 4.79 Å². The lowest BCUT2D eigenvalue weighted by atomic mass is 10.2. The first-order valence-corrected chi connectivity index (χ1v) is 5.85. The van der Waals surface area contributed by atoms with E-state index in [0.29, 0.717) is 16.3 Å². The Morgan fingerprint density at radius 2 is 1.83 bits per heavy atom. The van der Waals surface area contributed by atoms with Crippen LogP contribution in [0.2, 0.25) is 5.02 Å². The predicted molar refractivity (Wildman–Crippen MR) is 75.0 cm³/mol. The van der Waals surface area contributed by atoms with Gasteiger partial charge in [-0.25, -0.2) is 0 Å². The lowest BCUT2D eigenvalue weighted by molar-refractivity contribution is 0.0993. The van der Waals surface area contributed by atoms with Crippen molar-refractivity contribution in [3.05, 3.63) is 59.1 Å². The molecular weight excluding hydrogens is 248 g/mol. The van der Waals surface area contributed by atoms with Crippen LogP contribution in [0.1, 0.15) is 10.4 Å². The average Bonchev–Trinajstić information content (AvgIpc) is 2.38. The number of nitrogens with zero attached hydrogens (tertiary/aromatic N) is 1. The number of rotatable bonds is 2. The summed E-state index contributed by atoms with van der Waals surface area (Å²) in [6.07, 6.45) is 0. The van der Waals surface area contributed by atoms with Crippen LogP contribution in [-0.2, 0) is 0 Å². The first-order valence-electron chi connectivity index (χ1n) is 5.47. The summed E-state index contributed by atoms with van der Waals surface area (Å²) in [7, 11) is 1.71. The van der Waals surface area contributed by atoms with Gasteiger partial charge in [0.25, 0.3) is 5.91 Å². The van der Waals surface area contributed by atoms with E-state index < -0.39 is 0 Å². The first-order chi connectivity index (χ1) is 8.58. The molecular formula is C14H13ClN2O. The van der Waals surface area contributed by atoms with Crippen molar-refractivity contribution in [1.29, 1.82) is 0 Å². The second-order valence-electron chi connectivity index (χ2n) is 3.97. The summed E-state index contributed by atoms with van der Waals surface area (Å²) in [4.78, 5) is 13.8. The summed E-state index contributed by atoms with van der Waals surface area (Å²) in [6.45, 7) is 0. The van der Waals surface area contributed by atoms with Crippen LogP contribution in [0.3, 0.4) is 0 Å². The molecule has 0 unspecified atom stereocenters. The Bertz CT molecular complexity index is 566. The van der Waals surface area contributed by atoms with E-state index in [4.69, 9.17) is 17.3 Å². The number of halogens is 1. The summed E-state index contributed by atoms with van der Waals surface area (Å²) in [5.74, 6) is -0.0998. The normalized spacial score (nSPS) is 10.1. The minimum Gasteiger partial charge on any atom is -0.399 e. The standard InChI is InChI=1S/C14H13ClN2O/c1-17(13-4-2-3-12(16)9-13)14(18)10-5-7-11(15)8-6-10/h2-9H,16H2,1H3. The van der Waals surface area contributed by atoms with E-state index in [1.165, 1.54) is 0 Å². The van der Waals surface area contributed by atoms with E-state index in [0.717, 1.165) is 5.69 Å². The van der Waals surface area contributed by atoms with Gasteiger partial charge in [0.15, 0.2) is 0 Å². The number of benzene rings is 2. The van der Waals surface area contributed by atoms with Gasteiger partial charge >= 0.3 is 0 Å². The van der Waals surface area contributed by atoms with Gasteiger partial charge in [-0.1, -0.05) is 17.7 Å². The number of nitrogen functional groups attached to an aromatic ring is 1. The van der Waals surface area contributed by atoms with E-state index in [2.05, 4.69) is 0 Å². The van der Waals surface area contributed by atoms with E-state index in [1.807, 2.05) is 12.1 Å². The molecule has 0 saturated heterocycles. The molecule has 0 spiro atoms. The summed E-state index contributed by atoms with van der Waals surface area (Å²) in [5, 5.41) is 0.609. The zero-order valence-electron chi connectivity index (χ0n) is 9.93. The fourth-order valence-electron chi connectivity index (χ4n) is 1.64. The number of hydrogen-bond donors (Lipinski definition) is 1. The molecule has 92 valence electrons. The van der Waals surface area contributed by atoms with Gasteiger partial charge in [-0.2, -0.15) is 0 Å². The number of anilines is 2. The maximum Gasteiger partial charge on any atom is 0.258 e. The van der Waals surface area contributed by atoms with Crippen molar-refractivity contribution in [2.45, 2.75) is 0 Å². The van der Waals surface area contributed by atoms with Gasteiger partial charge in [0.05, 0.1) is 0 Å². The quantitative estimate of drug-likeness (QED) is 0.843. The Morgan fingerprint density at radius 3 is 2.44 bits per heavy atom. The molecule has 0 heterocycles. The minimum atomic E-state index is -0.0998. The smallest absolute Gasteiger partial charge is 0.258 e. The second kappa shape index (κ2) is 5.10. The van der Waals surface area contributed by atoms with E-state index >= 15 is 0 Å². The van der Waals surface area contributed by atoms with Crippen LogP contribution in [0.5, 0.6) is 0 Å². The second-order valence-corrected chi connectivity index (χ2v) is 4.40. The summed E-state index contributed by atoms with van der Waals surface area (Å²) in [6, 6.07) is 14.0. The zero-order valence-corrected chi connectivity index (χ0v) is 10.7. The van der Waals surface area contributed by atoms with Crippen molar-refractivity contribution in [1.82, 2.24) is 0 Å². The molecule has 4 heteroatoms. The van der Waals surface area contributed by atoms with E-state index in [1.54, 1.807) is 48.3 Å². The number of nitrogens with two attached hydrogens (primary N) is 1. The molecule has 0 aliphatic heterocycles. The lowest BCUT2D eigenvalue weighted by Gasteiger charge is -2.17. The van der Waals surface area contributed by atoms with Crippen LogP contribution in [0.4, 0.5) is 11.4 Å². The number of amides is 1. The average molecular weight is 261 g/mol. The van der Waals surface area contributed by atoms with Crippen molar-refractivity contribution in [2.75, 3.05) is 17.7 Å². The van der Waals surface area contributed by atoms with Gasteiger partial charge in [-0.15, -0.1) is 0 Å². The van der Waals surface area contributed by atoms with Crippen molar-refractivity contribution in [3.8, 4) is 0 Å². The largest absolute Gasteiger partial charge is 0.399 e. The first kappa shape index (κ1) is 12.5. The Labute approximate surface area is 111 Å². The fraction of sp³-hybridized carbons (Fsp3) is 0.0714. The molecule has 2 N–H and O–H groups in total. The molecule has 0 bridgehead atoms. The van der Waals surface area contributed by atoms with Crippen LogP contribution in [-0.4, -0.2) is 13.0 Å². The summed E-state index contributed by atoms with van der Waals surface area (Å²) < 4.78 is 0. The van der Waals surface area contributed by atoms with E-state index in [9.17, 15) is 4.79 Å². The number of carbonyl (C=O) groups excluding carboxylic acids is 1. The molecule has 3 nitrogen and oxygen atoms in total. The molecule has 18 heavy (non-hydrogen) atoms. The van der Waals surface area contributed by atoms with E-state index in [-0.39, 0.29) is 5.91 Å². The molecule has 0 radical (unpaired) electrons. The molecule has 2 aromatic carbocycles. The molecule has 2 aromatic rings. The molecule has 1 amide bonds. The molecule has 2 rings (SSSR count). The Balaban J connectivity index is 2.26. The molecule has 0 aliphatic rings. The highest BCUT2D eigenvalue weighted by Crippen LogP contribution is 2.19. The molecule has 0 aromatic heterocycles. The van der Waals surface area contributed by atoms with Gasteiger partial charge in [-0.05, 0) is 42.5 Å². The van der Waals surface area contributed by atoms with Crippen LogP contribution >= 0.6 is 11.6 Å². The fourth-order valence-corrected chi connectivity index (χ4v) is 1.76. The summed E-state index contributed by atoms with van der Waals surface area (Å²) >= 11 is 5.79. The Kier molecular flexibility index (Phi) is 3.53. The Morgan fingerprint density at radius 1 is 1.17 bits per heavy atom. The van der Waals surface area contributed by atoms with Gasteiger partial charge in [0.2, 0.25) is 0 Å². The Hall–Kier alpha value is -2.00. The molecule has 0 saturated carbocycles. The summed E-state index contributed by atoms with van der Waals surface area (Å²) in [5.41, 5.74) is 7.67. The van der Waals surface area contributed by atoms with Gasteiger partial charge < -0.3 is 10.6 Å². The third-order valence-electron chi connectivity index (χ3n) is 2.65. The maximum absolute atomic E-state index is 12.2. The van der Waals surface area contributed by atoms with Crippen molar-refractivity contribution < 1.29 is 4.79 Å². The number of carbonyl (C=O) groups is 1. The van der Waals surface area contributed by atoms with Crippen LogP contribution in [0, 0.1) is 0 Å². The zero-order chi connectivity index (χ0) is 13.1. The minimum absolute atomic E-state index is 0.0998. The highest BCUT2D eigenvalue weighted by atomic mass is 35.5. The predicted octanol–water partition coefficient (Wildman–Crippen LogP) is 3.20. The van der Waals surface area contributed by atoms with Crippen molar-refractivity contribution in [2.24, 2.45) is 0 Å². The third-order valence-corrected chi connectivity index (χ3v) is 2.91. The monoisotopic (exact) mass is 260 g/mol. The SMILES string of the molecule is CN(C(=O)c1ccc(Cl)cc1)c1cccc(N)c1. The van der Waals surface area contributed by atoms with Crippen molar-refractivity contribution >= 4 is 28.9 Å². The highest BCUT2D eigenvalue weighted by molar-refractivity contribution is 6.30. The highest BCUT2D eigenvalue weighted by Gasteiger charge is 2.13. The van der Waals surface area contributed by atoms with Crippen LogP contribution in [0.25, 0.3) is 0 Å². The van der Waals surface area contributed by atoms with Crippen LogP contribution in [0.15, 0.2) is 48.5 Å².